The third kappa shape index (κ3) is 4.49. The van der Waals surface area contributed by atoms with Crippen LogP contribution >= 0.6 is 27.7 Å². The number of halogens is 1. The van der Waals surface area contributed by atoms with Gasteiger partial charge in [0, 0.05) is 10.0 Å². The largest absolute Gasteiger partial charge is 0.411 e. The Hall–Kier alpha value is -2.12. The average Bonchev–Trinajstić information content (AvgIpc) is 3.07. The predicted molar refractivity (Wildman–Crippen MR) is 103 cm³/mol. The lowest BCUT2D eigenvalue weighted by molar-refractivity contribution is -0.113. The lowest BCUT2D eigenvalue weighted by Gasteiger charge is -2.08. The summed E-state index contributed by atoms with van der Waals surface area (Å²) in [6, 6.07) is 13.5. The first-order chi connectivity index (χ1) is 12.0. The third-order valence-electron chi connectivity index (χ3n) is 3.50. The number of aryl methyl sites for hydroxylation is 2. The molecule has 5 nitrogen and oxygen atoms in total. The van der Waals surface area contributed by atoms with E-state index < -0.39 is 0 Å². The van der Waals surface area contributed by atoms with E-state index in [-0.39, 0.29) is 11.7 Å². The van der Waals surface area contributed by atoms with Crippen molar-refractivity contribution in [2.75, 3.05) is 11.1 Å². The van der Waals surface area contributed by atoms with Gasteiger partial charge in [0.1, 0.15) is 0 Å². The van der Waals surface area contributed by atoms with Crippen molar-refractivity contribution in [1.29, 1.82) is 0 Å². The van der Waals surface area contributed by atoms with E-state index >= 15 is 0 Å². The van der Waals surface area contributed by atoms with Crippen molar-refractivity contribution in [3.8, 4) is 11.5 Å². The molecular formula is C18H16BrN3O2S. The molecule has 0 aliphatic heterocycles. The summed E-state index contributed by atoms with van der Waals surface area (Å²) in [5.74, 6) is 0.506. The fourth-order valence-electron chi connectivity index (χ4n) is 2.14. The minimum atomic E-state index is -0.133. The van der Waals surface area contributed by atoms with Gasteiger partial charge < -0.3 is 9.73 Å². The Morgan fingerprint density at radius 1 is 1.16 bits per heavy atom. The second-order valence-electron chi connectivity index (χ2n) is 5.51. The number of anilines is 1. The van der Waals surface area contributed by atoms with Crippen LogP contribution in [0.1, 0.15) is 11.1 Å². The molecule has 3 aromatic rings. The van der Waals surface area contributed by atoms with Crippen LogP contribution in [-0.4, -0.2) is 21.9 Å². The summed E-state index contributed by atoms with van der Waals surface area (Å²) in [5.41, 5.74) is 3.83. The topological polar surface area (TPSA) is 68.0 Å². The maximum Gasteiger partial charge on any atom is 0.277 e. The first-order valence-corrected chi connectivity index (χ1v) is 9.39. The highest BCUT2D eigenvalue weighted by Crippen LogP contribution is 2.27. The van der Waals surface area contributed by atoms with Gasteiger partial charge in [-0.1, -0.05) is 41.6 Å². The number of hydrogen-bond donors (Lipinski definition) is 1. The quantitative estimate of drug-likeness (QED) is 0.601. The summed E-state index contributed by atoms with van der Waals surface area (Å²) >= 11 is 4.69. The molecule has 1 heterocycles. The molecule has 3 rings (SSSR count). The number of amides is 1. The van der Waals surface area contributed by atoms with Gasteiger partial charge in [0.15, 0.2) is 0 Å². The Bertz CT molecular complexity index is 894. The van der Waals surface area contributed by atoms with Gasteiger partial charge >= 0.3 is 0 Å². The van der Waals surface area contributed by atoms with E-state index in [1.54, 1.807) is 0 Å². The van der Waals surface area contributed by atoms with Crippen LogP contribution in [0.2, 0.25) is 0 Å². The van der Waals surface area contributed by atoms with Crippen LogP contribution in [-0.2, 0) is 4.79 Å². The number of rotatable bonds is 5. The van der Waals surface area contributed by atoms with Gasteiger partial charge in [-0.25, -0.2) is 0 Å². The Kier molecular flexibility index (Phi) is 5.55. The van der Waals surface area contributed by atoms with Crippen LogP contribution in [0.4, 0.5) is 5.69 Å². The molecule has 0 saturated heterocycles. The normalized spacial score (nSPS) is 10.7. The molecule has 128 valence electrons. The minimum Gasteiger partial charge on any atom is -0.411 e. The molecule has 0 radical (unpaired) electrons. The Balaban J connectivity index is 1.59. The van der Waals surface area contributed by atoms with E-state index in [4.69, 9.17) is 4.42 Å². The molecule has 0 fully saturated rings. The molecule has 1 aromatic heterocycles. The molecule has 0 atom stereocenters. The standard InChI is InChI=1S/C18H16BrN3O2S/c1-11-6-8-13(9-7-11)17-21-22-18(24-17)25-10-15(23)20-14-5-3-4-12(2)16(14)19/h3-9H,10H2,1-2H3,(H,20,23). The molecule has 7 heteroatoms. The number of aromatic nitrogens is 2. The van der Waals surface area contributed by atoms with E-state index in [0.717, 1.165) is 26.9 Å². The number of benzene rings is 2. The van der Waals surface area contributed by atoms with Crippen LogP contribution in [0, 0.1) is 13.8 Å². The van der Waals surface area contributed by atoms with Crippen molar-refractivity contribution in [3.05, 3.63) is 58.1 Å². The second-order valence-corrected chi connectivity index (χ2v) is 7.23. The van der Waals surface area contributed by atoms with E-state index in [2.05, 4.69) is 31.4 Å². The predicted octanol–water partition coefficient (Wildman–Crippen LogP) is 4.85. The number of nitrogens with one attached hydrogen (secondary N) is 1. The maximum atomic E-state index is 12.1. The molecule has 0 spiro atoms. The van der Waals surface area contributed by atoms with Gasteiger partial charge in [0.25, 0.3) is 5.22 Å². The zero-order valence-electron chi connectivity index (χ0n) is 13.7. The highest BCUT2D eigenvalue weighted by atomic mass is 79.9. The Labute approximate surface area is 158 Å². The van der Waals surface area contributed by atoms with Crippen LogP contribution in [0.25, 0.3) is 11.5 Å². The minimum absolute atomic E-state index is 0.133. The summed E-state index contributed by atoms with van der Waals surface area (Å²) < 4.78 is 6.49. The molecule has 0 aliphatic carbocycles. The fraction of sp³-hybridized carbons (Fsp3) is 0.167. The smallest absolute Gasteiger partial charge is 0.277 e. The SMILES string of the molecule is Cc1ccc(-c2nnc(SCC(=O)Nc3cccc(C)c3Br)o2)cc1. The van der Waals surface area contributed by atoms with Crippen LogP contribution in [0.3, 0.4) is 0 Å². The molecule has 2 aromatic carbocycles. The van der Waals surface area contributed by atoms with Gasteiger partial charge in [0.2, 0.25) is 11.8 Å². The lowest BCUT2D eigenvalue weighted by atomic mass is 10.1. The molecule has 25 heavy (non-hydrogen) atoms. The summed E-state index contributed by atoms with van der Waals surface area (Å²) in [4.78, 5) is 12.1. The van der Waals surface area contributed by atoms with Crippen LogP contribution in [0.5, 0.6) is 0 Å². The van der Waals surface area contributed by atoms with Gasteiger partial charge in [-0.15, -0.1) is 10.2 Å². The molecule has 0 bridgehead atoms. The van der Waals surface area contributed by atoms with Gasteiger partial charge in [0.05, 0.1) is 11.4 Å². The van der Waals surface area contributed by atoms with Crippen molar-refractivity contribution >= 4 is 39.3 Å². The van der Waals surface area contributed by atoms with Crippen molar-refractivity contribution in [1.82, 2.24) is 10.2 Å². The number of hydrogen-bond acceptors (Lipinski definition) is 5. The maximum absolute atomic E-state index is 12.1. The van der Waals surface area contributed by atoms with E-state index in [1.165, 1.54) is 11.8 Å². The fourth-order valence-corrected chi connectivity index (χ4v) is 3.07. The number of nitrogens with zero attached hydrogens (tertiary/aromatic N) is 2. The summed E-state index contributed by atoms with van der Waals surface area (Å²) in [6.07, 6.45) is 0. The van der Waals surface area contributed by atoms with Crippen molar-refractivity contribution in [2.45, 2.75) is 19.1 Å². The number of carbonyl (C=O) groups is 1. The second kappa shape index (κ2) is 7.84. The molecule has 0 saturated carbocycles. The number of thioether (sulfide) groups is 1. The Morgan fingerprint density at radius 3 is 2.68 bits per heavy atom. The number of carbonyl (C=O) groups excluding carboxylic acids is 1. The van der Waals surface area contributed by atoms with Gasteiger partial charge in [-0.05, 0) is 53.5 Å². The third-order valence-corrected chi connectivity index (χ3v) is 5.37. The van der Waals surface area contributed by atoms with E-state index in [1.807, 2.05) is 56.3 Å². The molecule has 0 unspecified atom stereocenters. The summed E-state index contributed by atoms with van der Waals surface area (Å²) in [7, 11) is 0. The zero-order chi connectivity index (χ0) is 17.8. The van der Waals surface area contributed by atoms with Crippen molar-refractivity contribution < 1.29 is 9.21 Å². The zero-order valence-corrected chi connectivity index (χ0v) is 16.1. The Morgan fingerprint density at radius 2 is 1.92 bits per heavy atom. The van der Waals surface area contributed by atoms with Crippen LogP contribution < -0.4 is 5.32 Å². The van der Waals surface area contributed by atoms with Gasteiger partial charge in [-0.3, -0.25) is 4.79 Å². The van der Waals surface area contributed by atoms with Gasteiger partial charge in [-0.2, -0.15) is 0 Å². The highest BCUT2D eigenvalue weighted by Gasteiger charge is 2.12. The summed E-state index contributed by atoms with van der Waals surface area (Å²) in [6.45, 7) is 3.99. The lowest BCUT2D eigenvalue weighted by Crippen LogP contribution is -2.14. The monoisotopic (exact) mass is 417 g/mol. The van der Waals surface area contributed by atoms with Crippen molar-refractivity contribution in [3.63, 3.8) is 0 Å². The molecule has 0 aliphatic rings. The van der Waals surface area contributed by atoms with Crippen molar-refractivity contribution in [2.24, 2.45) is 0 Å². The molecule has 1 amide bonds. The first-order valence-electron chi connectivity index (χ1n) is 7.61. The average molecular weight is 418 g/mol. The molecular weight excluding hydrogens is 402 g/mol. The highest BCUT2D eigenvalue weighted by molar-refractivity contribution is 9.10. The first kappa shape index (κ1) is 17.7. The van der Waals surface area contributed by atoms with Crippen LogP contribution in [0.15, 0.2) is 56.6 Å². The van der Waals surface area contributed by atoms with E-state index in [0.29, 0.717) is 11.1 Å². The summed E-state index contributed by atoms with van der Waals surface area (Å²) in [5, 5.41) is 11.2. The van der Waals surface area contributed by atoms with E-state index in [9.17, 15) is 4.79 Å². The molecule has 1 N–H and O–H groups in total.